The largest absolute Gasteiger partial charge is 0.398 e. The molecule has 0 aliphatic rings. The lowest BCUT2D eigenvalue weighted by molar-refractivity contribution is 0.102. The van der Waals surface area contributed by atoms with Crippen molar-refractivity contribution in [2.45, 2.75) is 13.8 Å². The van der Waals surface area contributed by atoms with Crippen LogP contribution in [-0.2, 0) is 0 Å². The predicted molar refractivity (Wildman–Crippen MR) is 58.5 cm³/mol. The number of benzene rings is 1. The van der Waals surface area contributed by atoms with E-state index in [1.54, 1.807) is 6.07 Å². The summed E-state index contributed by atoms with van der Waals surface area (Å²) < 4.78 is 0. The molecular weight excluding hydrogens is 230 g/mol. The number of nitrogens with two attached hydrogens (primary N) is 1. The van der Waals surface area contributed by atoms with E-state index in [4.69, 9.17) is 5.73 Å². The van der Waals surface area contributed by atoms with E-state index in [-0.39, 0.29) is 5.78 Å². The van der Waals surface area contributed by atoms with Gasteiger partial charge in [0.15, 0.2) is 5.78 Å². The van der Waals surface area contributed by atoms with Crippen molar-refractivity contribution in [3.63, 3.8) is 0 Å². The number of aryl methyl sites for hydroxylation is 2. The Hall–Kier alpha value is -0.830. The van der Waals surface area contributed by atoms with Crippen molar-refractivity contribution >= 4 is 27.4 Å². The number of anilines is 1. The fraction of sp³-hybridized carbons (Fsp3) is 0.300. The normalized spacial score (nSPS) is 10.1. The standard InChI is InChI=1S/C10H12BrNO/c1-6-3-7(2)9(12)4-8(6)10(13)5-11/h3-4H,5,12H2,1-2H3. The number of carbonyl (C=O) groups excluding carboxylic acids is 1. The van der Waals surface area contributed by atoms with Crippen LogP contribution in [-0.4, -0.2) is 11.1 Å². The Balaban J connectivity index is 3.23. The minimum Gasteiger partial charge on any atom is -0.398 e. The zero-order valence-electron chi connectivity index (χ0n) is 7.73. The number of nitrogen functional groups attached to an aromatic ring is 1. The summed E-state index contributed by atoms with van der Waals surface area (Å²) in [5.74, 6) is 0.0733. The maximum absolute atomic E-state index is 11.4. The third-order valence-corrected chi connectivity index (χ3v) is 2.54. The number of rotatable bonds is 2. The highest BCUT2D eigenvalue weighted by atomic mass is 79.9. The van der Waals surface area contributed by atoms with Crippen LogP contribution in [0, 0.1) is 13.8 Å². The number of halogens is 1. The molecule has 0 bridgehead atoms. The van der Waals surface area contributed by atoms with Crippen molar-refractivity contribution in [2.24, 2.45) is 0 Å². The van der Waals surface area contributed by atoms with E-state index >= 15 is 0 Å². The number of hydrogen-bond acceptors (Lipinski definition) is 2. The molecule has 0 saturated heterocycles. The van der Waals surface area contributed by atoms with E-state index in [1.165, 1.54) is 0 Å². The molecule has 0 atom stereocenters. The van der Waals surface area contributed by atoms with Crippen LogP contribution in [0.4, 0.5) is 5.69 Å². The van der Waals surface area contributed by atoms with Gasteiger partial charge in [-0.15, -0.1) is 0 Å². The molecule has 1 aromatic rings. The molecule has 0 unspecified atom stereocenters. The number of Topliss-reactive ketones (excluding diaryl/α,β-unsaturated/α-hetero) is 1. The lowest BCUT2D eigenvalue weighted by Crippen LogP contribution is -2.04. The van der Waals surface area contributed by atoms with Crippen LogP contribution in [0.1, 0.15) is 21.5 Å². The topological polar surface area (TPSA) is 43.1 Å². The van der Waals surface area contributed by atoms with Gasteiger partial charge in [0, 0.05) is 11.3 Å². The SMILES string of the molecule is Cc1cc(C)c(C(=O)CBr)cc1N. The molecule has 1 rings (SSSR count). The number of ketones is 1. The minimum absolute atomic E-state index is 0.0733. The molecule has 0 spiro atoms. The molecular formula is C10H12BrNO. The van der Waals surface area contributed by atoms with Crippen molar-refractivity contribution in [1.29, 1.82) is 0 Å². The second-order valence-corrected chi connectivity index (χ2v) is 3.64. The van der Waals surface area contributed by atoms with Gasteiger partial charge in [-0.1, -0.05) is 22.0 Å². The van der Waals surface area contributed by atoms with Crippen LogP contribution < -0.4 is 5.73 Å². The van der Waals surface area contributed by atoms with Crippen molar-refractivity contribution in [3.8, 4) is 0 Å². The number of alkyl halides is 1. The molecule has 0 amide bonds. The van der Waals surface area contributed by atoms with Crippen LogP contribution in [0.25, 0.3) is 0 Å². The van der Waals surface area contributed by atoms with E-state index in [2.05, 4.69) is 15.9 Å². The van der Waals surface area contributed by atoms with Gasteiger partial charge in [-0.2, -0.15) is 0 Å². The first-order valence-electron chi connectivity index (χ1n) is 4.02. The first kappa shape index (κ1) is 10.3. The smallest absolute Gasteiger partial charge is 0.173 e. The van der Waals surface area contributed by atoms with Crippen LogP contribution in [0.3, 0.4) is 0 Å². The summed E-state index contributed by atoms with van der Waals surface area (Å²) in [5, 5.41) is 0.344. The Morgan fingerprint density at radius 2 is 2.00 bits per heavy atom. The number of hydrogen-bond donors (Lipinski definition) is 1. The van der Waals surface area contributed by atoms with Crippen LogP contribution >= 0.6 is 15.9 Å². The maximum Gasteiger partial charge on any atom is 0.173 e. The van der Waals surface area contributed by atoms with Gasteiger partial charge in [0.2, 0.25) is 0 Å². The highest BCUT2D eigenvalue weighted by Gasteiger charge is 2.08. The van der Waals surface area contributed by atoms with Crippen molar-refractivity contribution in [1.82, 2.24) is 0 Å². The lowest BCUT2D eigenvalue weighted by atomic mass is 10.0. The summed E-state index contributed by atoms with van der Waals surface area (Å²) >= 11 is 3.14. The van der Waals surface area contributed by atoms with Gasteiger partial charge in [0.1, 0.15) is 0 Å². The Morgan fingerprint density at radius 1 is 1.38 bits per heavy atom. The molecule has 2 N–H and O–H groups in total. The molecule has 0 aliphatic carbocycles. The van der Waals surface area contributed by atoms with Crippen LogP contribution in [0.15, 0.2) is 12.1 Å². The molecule has 0 aromatic heterocycles. The average Bonchev–Trinajstić information content (AvgIpc) is 2.10. The molecule has 1 aromatic carbocycles. The molecule has 0 heterocycles. The lowest BCUT2D eigenvalue weighted by Gasteiger charge is -2.06. The summed E-state index contributed by atoms with van der Waals surface area (Å²) in [6.07, 6.45) is 0. The van der Waals surface area contributed by atoms with Gasteiger partial charge in [-0.3, -0.25) is 4.79 Å². The van der Waals surface area contributed by atoms with Gasteiger partial charge < -0.3 is 5.73 Å². The molecule has 70 valence electrons. The third-order valence-electron chi connectivity index (χ3n) is 2.03. The van der Waals surface area contributed by atoms with E-state index in [0.29, 0.717) is 16.6 Å². The van der Waals surface area contributed by atoms with Gasteiger partial charge >= 0.3 is 0 Å². The Morgan fingerprint density at radius 3 is 2.54 bits per heavy atom. The Bertz CT molecular complexity index is 347. The van der Waals surface area contributed by atoms with Gasteiger partial charge in [-0.05, 0) is 31.0 Å². The second-order valence-electron chi connectivity index (χ2n) is 3.08. The molecule has 0 aliphatic heterocycles. The van der Waals surface area contributed by atoms with E-state index < -0.39 is 0 Å². The van der Waals surface area contributed by atoms with Gasteiger partial charge in [0.05, 0.1) is 5.33 Å². The van der Waals surface area contributed by atoms with Crippen LogP contribution in [0.5, 0.6) is 0 Å². The summed E-state index contributed by atoms with van der Waals surface area (Å²) in [5.41, 5.74) is 9.10. The zero-order chi connectivity index (χ0) is 10.0. The van der Waals surface area contributed by atoms with Gasteiger partial charge in [-0.25, -0.2) is 0 Å². The molecule has 2 nitrogen and oxygen atoms in total. The maximum atomic E-state index is 11.4. The van der Waals surface area contributed by atoms with Gasteiger partial charge in [0.25, 0.3) is 0 Å². The monoisotopic (exact) mass is 241 g/mol. The van der Waals surface area contributed by atoms with Crippen molar-refractivity contribution in [3.05, 3.63) is 28.8 Å². The molecule has 3 heteroatoms. The first-order valence-corrected chi connectivity index (χ1v) is 5.14. The van der Waals surface area contributed by atoms with E-state index in [0.717, 1.165) is 11.1 Å². The quantitative estimate of drug-likeness (QED) is 0.491. The van der Waals surface area contributed by atoms with Crippen molar-refractivity contribution < 1.29 is 4.79 Å². The Kier molecular flexibility index (Phi) is 3.09. The average molecular weight is 242 g/mol. The fourth-order valence-corrected chi connectivity index (χ4v) is 1.54. The molecule has 13 heavy (non-hydrogen) atoms. The van der Waals surface area contributed by atoms with E-state index in [1.807, 2.05) is 19.9 Å². The zero-order valence-corrected chi connectivity index (χ0v) is 9.31. The Labute approximate surface area is 86.3 Å². The highest BCUT2D eigenvalue weighted by Crippen LogP contribution is 2.18. The molecule has 0 fully saturated rings. The second kappa shape index (κ2) is 3.92. The summed E-state index contributed by atoms with van der Waals surface area (Å²) in [6.45, 7) is 3.85. The fourth-order valence-electron chi connectivity index (χ4n) is 1.24. The predicted octanol–water partition coefficient (Wildman–Crippen LogP) is 2.46. The molecule has 0 radical (unpaired) electrons. The third kappa shape index (κ3) is 2.10. The van der Waals surface area contributed by atoms with Crippen LogP contribution in [0.2, 0.25) is 0 Å². The summed E-state index contributed by atoms with van der Waals surface area (Å²) in [4.78, 5) is 11.4. The van der Waals surface area contributed by atoms with E-state index in [9.17, 15) is 4.79 Å². The highest BCUT2D eigenvalue weighted by molar-refractivity contribution is 9.09. The molecule has 0 saturated carbocycles. The number of carbonyl (C=O) groups is 1. The summed E-state index contributed by atoms with van der Waals surface area (Å²) in [7, 11) is 0. The van der Waals surface area contributed by atoms with Crippen molar-refractivity contribution in [2.75, 3.05) is 11.1 Å². The first-order chi connectivity index (χ1) is 6.06. The minimum atomic E-state index is 0.0733. The summed E-state index contributed by atoms with van der Waals surface area (Å²) in [6, 6.07) is 3.68.